The zero-order valence-corrected chi connectivity index (χ0v) is 11.2. The van der Waals surface area contributed by atoms with E-state index in [1.54, 1.807) is 6.07 Å². The van der Waals surface area contributed by atoms with Gasteiger partial charge < -0.3 is 14.4 Å². The van der Waals surface area contributed by atoms with Crippen molar-refractivity contribution in [3.63, 3.8) is 0 Å². The molecule has 2 aliphatic heterocycles. The lowest BCUT2D eigenvalue weighted by Gasteiger charge is -2.20. The normalized spacial score (nSPS) is 18.8. The van der Waals surface area contributed by atoms with Crippen molar-refractivity contribution in [2.45, 2.75) is 25.7 Å². The molecule has 2 aliphatic rings. The smallest absolute Gasteiger partial charge is 0.197 e. The van der Waals surface area contributed by atoms with E-state index in [4.69, 9.17) is 9.47 Å². The maximum absolute atomic E-state index is 13.8. The van der Waals surface area contributed by atoms with Crippen molar-refractivity contribution in [2.75, 3.05) is 32.8 Å². The third-order valence-electron chi connectivity index (χ3n) is 3.80. The van der Waals surface area contributed by atoms with Gasteiger partial charge in [-0.1, -0.05) is 0 Å². The van der Waals surface area contributed by atoms with Gasteiger partial charge in [0.05, 0.1) is 0 Å². The fourth-order valence-corrected chi connectivity index (χ4v) is 2.82. The Morgan fingerprint density at radius 1 is 1.11 bits per heavy atom. The molecule has 1 aromatic rings. The fraction of sp³-hybridized carbons (Fsp3) is 0.600. The highest BCUT2D eigenvalue weighted by molar-refractivity contribution is 5.45. The Balaban J connectivity index is 1.59. The number of likely N-dealkylation sites (tertiary alicyclic amines) is 1. The molecule has 0 bridgehead atoms. The summed E-state index contributed by atoms with van der Waals surface area (Å²) in [6.45, 7) is 4.48. The molecule has 3 nitrogen and oxygen atoms in total. The third kappa shape index (κ3) is 3.00. The van der Waals surface area contributed by atoms with Gasteiger partial charge in [-0.25, -0.2) is 4.39 Å². The van der Waals surface area contributed by atoms with Crippen molar-refractivity contribution in [1.82, 2.24) is 4.90 Å². The van der Waals surface area contributed by atoms with Crippen LogP contribution < -0.4 is 9.47 Å². The molecule has 1 aromatic carbocycles. The minimum Gasteiger partial charge on any atom is -0.486 e. The van der Waals surface area contributed by atoms with Crippen molar-refractivity contribution < 1.29 is 13.9 Å². The van der Waals surface area contributed by atoms with Crippen LogP contribution in [0.1, 0.15) is 24.8 Å². The second-order valence-corrected chi connectivity index (χ2v) is 5.25. The van der Waals surface area contributed by atoms with E-state index in [-0.39, 0.29) is 11.6 Å². The summed E-state index contributed by atoms with van der Waals surface area (Å²) in [5, 5.41) is 0. The second kappa shape index (κ2) is 5.78. The predicted molar refractivity (Wildman–Crippen MR) is 71.4 cm³/mol. The van der Waals surface area contributed by atoms with Crippen molar-refractivity contribution in [2.24, 2.45) is 0 Å². The monoisotopic (exact) mass is 265 g/mol. The summed E-state index contributed by atoms with van der Waals surface area (Å²) < 4.78 is 24.6. The molecule has 0 radical (unpaired) electrons. The number of hydrogen-bond donors (Lipinski definition) is 0. The van der Waals surface area contributed by atoms with Gasteiger partial charge in [0.25, 0.3) is 0 Å². The molecule has 1 saturated heterocycles. The van der Waals surface area contributed by atoms with Crippen molar-refractivity contribution >= 4 is 0 Å². The van der Waals surface area contributed by atoms with Crippen LogP contribution in [0.15, 0.2) is 12.1 Å². The molecule has 1 fully saturated rings. The van der Waals surface area contributed by atoms with E-state index in [9.17, 15) is 4.39 Å². The van der Waals surface area contributed by atoms with Crippen LogP contribution in [0.4, 0.5) is 4.39 Å². The molecule has 0 aliphatic carbocycles. The van der Waals surface area contributed by atoms with Crippen molar-refractivity contribution in [3.05, 3.63) is 23.5 Å². The van der Waals surface area contributed by atoms with Crippen LogP contribution >= 0.6 is 0 Å². The first-order chi connectivity index (χ1) is 9.33. The lowest BCUT2D eigenvalue weighted by atomic mass is 10.1. The Morgan fingerprint density at radius 2 is 1.89 bits per heavy atom. The van der Waals surface area contributed by atoms with Crippen LogP contribution in [-0.2, 0) is 6.42 Å². The second-order valence-electron chi connectivity index (χ2n) is 5.25. The molecule has 0 saturated carbocycles. The summed E-state index contributed by atoms with van der Waals surface area (Å²) in [7, 11) is 0. The first-order valence-corrected chi connectivity index (χ1v) is 7.13. The van der Waals surface area contributed by atoms with Gasteiger partial charge in [-0.15, -0.1) is 0 Å². The molecule has 0 N–H and O–H groups in total. The number of fused-ring (bicyclic) bond motifs is 1. The quantitative estimate of drug-likeness (QED) is 0.835. The van der Waals surface area contributed by atoms with Gasteiger partial charge in [-0.3, -0.25) is 0 Å². The zero-order chi connectivity index (χ0) is 13.1. The van der Waals surface area contributed by atoms with Crippen molar-refractivity contribution in [1.29, 1.82) is 0 Å². The summed E-state index contributed by atoms with van der Waals surface area (Å²) in [5.74, 6) is 0.533. The number of aryl methyl sites for hydroxylation is 1. The maximum Gasteiger partial charge on any atom is 0.197 e. The van der Waals surface area contributed by atoms with Gasteiger partial charge in [0.15, 0.2) is 17.3 Å². The average molecular weight is 265 g/mol. The summed E-state index contributed by atoms with van der Waals surface area (Å²) in [6, 6.07) is 3.50. The topological polar surface area (TPSA) is 21.7 Å². The Hall–Kier alpha value is -1.29. The zero-order valence-electron chi connectivity index (χ0n) is 11.2. The SMILES string of the molecule is Fc1cc(CCCN2CCCC2)cc2c1OCCO2. The minimum absolute atomic E-state index is 0.273. The van der Waals surface area contributed by atoms with E-state index in [1.807, 2.05) is 6.07 Å². The van der Waals surface area contributed by atoms with Gasteiger partial charge in [0.1, 0.15) is 13.2 Å². The number of halogens is 1. The van der Waals surface area contributed by atoms with E-state index in [0.717, 1.165) is 24.9 Å². The lowest BCUT2D eigenvalue weighted by molar-refractivity contribution is 0.164. The molecule has 104 valence electrons. The van der Waals surface area contributed by atoms with Gasteiger partial charge in [-0.05, 0) is 63.0 Å². The molecule has 3 rings (SSSR count). The Kier molecular flexibility index (Phi) is 3.87. The summed E-state index contributed by atoms with van der Waals surface area (Å²) in [5.41, 5.74) is 1.00. The molecule has 0 amide bonds. The number of hydrogen-bond acceptors (Lipinski definition) is 3. The van der Waals surface area contributed by atoms with E-state index in [2.05, 4.69) is 4.90 Å². The molecule has 2 heterocycles. The van der Waals surface area contributed by atoms with Crippen LogP contribution in [-0.4, -0.2) is 37.7 Å². The number of ether oxygens (including phenoxy) is 2. The minimum atomic E-state index is -0.298. The Labute approximate surface area is 113 Å². The van der Waals surface area contributed by atoms with Crippen LogP contribution in [0, 0.1) is 5.82 Å². The highest BCUT2D eigenvalue weighted by Gasteiger charge is 2.18. The van der Waals surface area contributed by atoms with Gasteiger partial charge in [0.2, 0.25) is 0 Å². The van der Waals surface area contributed by atoms with Crippen LogP contribution in [0.2, 0.25) is 0 Å². The standard InChI is InChI=1S/C15H20FNO2/c16-13-10-12(4-3-7-17-5-1-2-6-17)11-14-15(13)19-9-8-18-14/h10-11H,1-9H2. The molecule has 0 unspecified atom stereocenters. The lowest BCUT2D eigenvalue weighted by Crippen LogP contribution is -2.21. The molecule has 4 heteroatoms. The van der Waals surface area contributed by atoms with Gasteiger partial charge >= 0.3 is 0 Å². The van der Waals surface area contributed by atoms with E-state index < -0.39 is 0 Å². The fourth-order valence-electron chi connectivity index (χ4n) is 2.82. The molecular weight excluding hydrogens is 245 g/mol. The van der Waals surface area contributed by atoms with Gasteiger partial charge in [-0.2, -0.15) is 0 Å². The van der Waals surface area contributed by atoms with E-state index >= 15 is 0 Å². The third-order valence-corrected chi connectivity index (χ3v) is 3.80. The average Bonchev–Trinajstić information content (AvgIpc) is 2.92. The largest absolute Gasteiger partial charge is 0.486 e. The molecule has 0 aromatic heterocycles. The number of rotatable bonds is 4. The van der Waals surface area contributed by atoms with Crippen LogP contribution in [0.25, 0.3) is 0 Å². The Bertz CT molecular complexity index is 444. The summed E-state index contributed by atoms with van der Waals surface area (Å²) in [6.07, 6.45) is 4.60. The van der Waals surface area contributed by atoms with Crippen molar-refractivity contribution in [3.8, 4) is 11.5 Å². The number of nitrogens with zero attached hydrogens (tertiary/aromatic N) is 1. The van der Waals surface area contributed by atoms with Gasteiger partial charge in [0, 0.05) is 0 Å². The first kappa shape index (κ1) is 12.7. The van der Waals surface area contributed by atoms with Crippen LogP contribution in [0.5, 0.6) is 11.5 Å². The predicted octanol–water partition coefficient (Wildman–Crippen LogP) is 2.63. The molecular formula is C15H20FNO2. The van der Waals surface area contributed by atoms with E-state index in [0.29, 0.717) is 19.0 Å². The molecule has 0 atom stereocenters. The van der Waals surface area contributed by atoms with E-state index in [1.165, 1.54) is 25.9 Å². The summed E-state index contributed by atoms with van der Waals surface area (Å²) >= 11 is 0. The first-order valence-electron chi connectivity index (χ1n) is 7.13. The summed E-state index contributed by atoms with van der Waals surface area (Å²) in [4.78, 5) is 2.48. The molecule has 19 heavy (non-hydrogen) atoms. The van der Waals surface area contributed by atoms with Crippen LogP contribution in [0.3, 0.4) is 0 Å². The highest BCUT2D eigenvalue weighted by Crippen LogP contribution is 2.34. The number of benzene rings is 1. The Morgan fingerprint density at radius 3 is 2.74 bits per heavy atom. The maximum atomic E-state index is 13.8. The highest BCUT2D eigenvalue weighted by atomic mass is 19.1. The molecule has 0 spiro atoms.